The maximum atomic E-state index is 4.75. The van der Waals surface area contributed by atoms with Crippen LogP contribution in [-0.4, -0.2) is 12.8 Å². The second-order valence-electron chi connectivity index (χ2n) is 4.33. The normalized spacial score (nSPS) is 11.0. The molecule has 0 aliphatic heterocycles. The maximum absolute atomic E-state index is 4.75. The van der Waals surface area contributed by atoms with Gasteiger partial charge in [-0.1, -0.05) is 31.8 Å². The van der Waals surface area contributed by atoms with E-state index in [0.717, 1.165) is 6.42 Å². The lowest BCUT2D eigenvalue weighted by atomic mass is 9.83. The van der Waals surface area contributed by atoms with Crippen molar-refractivity contribution in [2.75, 3.05) is 0 Å². The molecule has 1 nitrogen and oxygen atoms in total. The number of pyridine rings is 1. The molecular weight excluding hydrogens is 169 g/mol. The van der Waals surface area contributed by atoms with E-state index in [4.69, 9.17) is 4.98 Å². The minimum absolute atomic E-state index is 0.527. The van der Waals surface area contributed by atoms with Crippen molar-refractivity contribution >= 4 is 13.3 Å². The summed E-state index contributed by atoms with van der Waals surface area (Å²) in [6, 6.07) is 0. The molecule has 76 valence electrons. The van der Waals surface area contributed by atoms with Crippen LogP contribution in [0.2, 0.25) is 0 Å². The average Bonchev–Trinajstić information content (AvgIpc) is 2.14. The van der Waals surface area contributed by atoms with Crippen molar-refractivity contribution in [3.8, 4) is 0 Å². The van der Waals surface area contributed by atoms with E-state index in [1.165, 1.54) is 28.0 Å². The second kappa shape index (κ2) is 4.16. The van der Waals surface area contributed by atoms with Crippen LogP contribution in [0.5, 0.6) is 0 Å². The van der Waals surface area contributed by atoms with Crippen LogP contribution in [0.3, 0.4) is 0 Å². The second-order valence-corrected chi connectivity index (χ2v) is 4.33. The molecule has 0 radical (unpaired) electrons. The summed E-state index contributed by atoms with van der Waals surface area (Å²) in [5.41, 5.74) is 6.69. The number of hydrogen-bond donors (Lipinski definition) is 0. The van der Waals surface area contributed by atoms with E-state index in [0.29, 0.717) is 5.92 Å². The SMILES string of the molecule is Bc1c(C(C)C)nc(CC)c(C)c1C. The van der Waals surface area contributed by atoms with Crippen LogP contribution in [0.25, 0.3) is 0 Å². The van der Waals surface area contributed by atoms with Crippen LogP contribution >= 0.6 is 0 Å². The van der Waals surface area contributed by atoms with Crippen LogP contribution in [0.4, 0.5) is 0 Å². The van der Waals surface area contributed by atoms with Gasteiger partial charge in [0, 0.05) is 11.4 Å². The molecule has 1 aromatic rings. The lowest BCUT2D eigenvalue weighted by Crippen LogP contribution is -2.21. The molecule has 2 heteroatoms. The van der Waals surface area contributed by atoms with Crippen LogP contribution < -0.4 is 5.46 Å². The van der Waals surface area contributed by atoms with Gasteiger partial charge in [0.2, 0.25) is 0 Å². The number of aryl methyl sites for hydroxylation is 1. The minimum atomic E-state index is 0.527. The Morgan fingerprint density at radius 1 is 1.21 bits per heavy atom. The van der Waals surface area contributed by atoms with Crippen LogP contribution in [0, 0.1) is 13.8 Å². The van der Waals surface area contributed by atoms with E-state index in [-0.39, 0.29) is 0 Å². The molecule has 14 heavy (non-hydrogen) atoms. The van der Waals surface area contributed by atoms with E-state index in [1.54, 1.807) is 0 Å². The topological polar surface area (TPSA) is 12.9 Å². The molecule has 0 amide bonds. The molecule has 0 aromatic carbocycles. The van der Waals surface area contributed by atoms with Gasteiger partial charge in [-0.3, -0.25) is 4.98 Å². The maximum Gasteiger partial charge on any atom is 0.142 e. The monoisotopic (exact) mass is 189 g/mol. The summed E-state index contributed by atoms with van der Waals surface area (Å²) in [5.74, 6) is 0.527. The zero-order valence-corrected chi connectivity index (χ0v) is 10.2. The summed E-state index contributed by atoms with van der Waals surface area (Å²) in [6.07, 6.45) is 1.03. The molecule has 0 fully saturated rings. The van der Waals surface area contributed by atoms with Crippen molar-refractivity contribution in [3.63, 3.8) is 0 Å². The van der Waals surface area contributed by atoms with Gasteiger partial charge in [0.15, 0.2) is 0 Å². The quantitative estimate of drug-likeness (QED) is 0.644. The predicted octanol–water partition coefficient (Wildman–Crippen LogP) is 1.64. The Kier molecular flexibility index (Phi) is 3.36. The Hall–Kier alpha value is -0.785. The van der Waals surface area contributed by atoms with E-state index >= 15 is 0 Å². The molecule has 0 aliphatic carbocycles. The highest BCUT2D eigenvalue weighted by Crippen LogP contribution is 2.16. The fourth-order valence-electron chi connectivity index (χ4n) is 1.91. The molecule has 1 aromatic heterocycles. The summed E-state index contributed by atoms with van der Waals surface area (Å²) >= 11 is 0. The van der Waals surface area contributed by atoms with Crippen LogP contribution in [0.15, 0.2) is 0 Å². The number of nitrogens with zero attached hydrogens (tertiary/aromatic N) is 1. The van der Waals surface area contributed by atoms with Gasteiger partial charge in [-0.2, -0.15) is 0 Å². The summed E-state index contributed by atoms with van der Waals surface area (Å²) < 4.78 is 0. The zero-order valence-electron chi connectivity index (χ0n) is 10.2. The van der Waals surface area contributed by atoms with E-state index in [1.807, 2.05) is 0 Å². The molecule has 0 aliphatic rings. The van der Waals surface area contributed by atoms with Gasteiger partial charge >= 0.3 is 0 Å². The van der Waals surface area contributed by atoms with E-state index in [2.05, 4.69) is 42.5 Å². The summed E-state index contributed by atoms with van der Waals surface area (Å²) in [5, 5.41) is 0. The standard InChI is InChI=1S/C12H20BN/c1-6-10-8(4)9(5)11(13)12(14-10)7(2)3/h7H,6,13H2,1-5H3. The highest BCUT2D eigenvalue weighted by molar-refractivity contribution is 6.34. The zero-order chi connectivity index (χ0) is 10.9. The smallest absolute Gasteiger partial charge is 0.142 e. The Labute approximate surface area is 88.4 Å². The van der Waals surface area contributed by atoms with Crippen molar-refractivity contribution in [2.24, 2.45) is 0 Å². The van der Waals surface area contributed by atoms with Crippen LogP contribution in [-0.2, 0) is 6.42 Å². The third-order valence-electron chi connectivity index (χ3n) is 3.08. The first-order valence-corrected chi connectivity index (χ1v) is 5.45. The first-order chi connectivity index (χ1) is 6.49. The molecule has 0 spiro atoms. The average molecular weight is 189 g/mol. The first kappa shape index (κ1) is 11.3. The van der Waals surface area contributed by atoms with E-state index < -0.39 is 0 Å². The molecule has 0 saturated carbocycles. The lowest BCUT2D eigenvalue weighted by molar-refractivity contribution is 0.808. The fourth-order valence-corrected chi connectivity index (χ4v) is 1.91. The van der Waals surface area contributed by atoms with Gasteiger partial charge in [0.05, 0.1) is 0 Å². The lowest BCUT2D eigenvalue weighted by Gasteiger charge is -2.16. The van der Waals surface area contributed by atoms with Gasteiger partial charge in [0.25, 0.3) is 0 Å². The van der Waals surface area contributed by atoms with Gasteiger partial charge < -0.3 is 0 Å². The third-order valence-corrected chi connectivity index (χ3v) is 3.08. The van der Waals surface area contributed by atoms with Gasteiger partial charge in [0.1, 0.15) is 7.85 Å². The largest absolute Gasteiger partial charge is 0.258 e. The highest BCUT2D eigenvalue weighted by Gasteiger charge is 2.11. The number of aromatic nitrogens is 1. The predicted molar refractivity (Wildman–Crippen MR) is 65.4 cm³/mol. The first-order valence-electron chi connectivity index (χ1n) is 5.45. The molecule has 0 N–H and O–H groups in total. The number of rotatable bonds is 2. The molecule has 0 bridgehead atoms. The van der Waals surface area contributed by atoms with Crippen molar-refractivity contribution in [1.82, 2.24) is 4.98 Å². The fraction of sp³-hybridized carbons (Fsp3) is 0.583. The highest BCUT2D eigenvalue weighted by atomic mass is 14.7. The summed E-state index contributed by atoms with van der Waals surface area (Å²) in [4.78, 5) is 4.75. The van der Waals surface area contributed by atoms with Crippen LogP contribution in [0.1, 0.15) is 49.2 Å². The van der Waals surface area contributed by atoms with Gasteiger partial charge in [-0.15, -0.1) is 0 Å². The molecule has 0 saturated heterocycles. The van der Waals surface area contributed by atoms with Gasteiger partial charge in [-0.25, -0.2) is 0 Å². The third kappa shape index (κ3) is 1.84. The van der Waals surface area contributed by atoms with Crippen molar-refractivity contribution in [3.05, 3.63) is 22.5 Å². The Balaban J connectivity index is 3.40. The Morgan fingerprint density at radius 3 is 2.21 bits per heavy atom. The van der Waals surface area contributed by atoms with Crippen molar-refractivity contribution < 1.29 is 0 Å². The molecule has 1 rings (SSSR count). The Bertz CT molecular complexity index is 343. The van der Waals surface area contributed by atoms with Crippen molar-refractivity contribution in [1.29, 1.82) is 0 Å². The Morgan fingerprint density at radius 2 is 1.79 bits per heavy atom. The molecule has 1 heterocycles. The molecular formula is C12H20BN. The minimum Gasteiger partial charge on any atom is -0.258 e. The number of hydrogen-bond acceptors (Lipinski definition) is 1. The van der Waals surface area contributed by atoms with Gasteiger partial charge in [-0.05, 0) is 31.7 Å². The molecule has 0 unspecified atom stereocenters. The van der Waals surface area contributed by atoms with Crippen molar-refractivity contribution in [2.45, 2.75) is 47.0 Å². The summed E-state index contributed by atoms with van der Waals surface area (Å²) in [7, 11) is 2.18. The molecule has 0 atom stereocenters. The summed E-state index contributed by atoms with van der Waals surface area (Å²) in [6.45, 7) is 11.0. The van der Waals surface area contributed by atoms with E-state index in [9.17, 15) is 0 Å².